The van der Waals surface area contributed by atoms with Crippen LogP contribution < -0.4 is 0 Å². The van der Waals surface area contributed by atoms with Crippen LogP contribution in [0, 0.1) is 0 Å². The highest BCUT2D eigenvalue weighted by Crippen LogP contribution is 2.21. The third-order valence-corrected chi connectivity index (χ3v) is 2.77. The van der Waals surface area contributed by atoms with E-state index in [1.54, 1.807) is 0 Å². The average Bonchev–Trinajstić information content (AvgIpc) is 2.75. The van der Waals surface area contributed by atoms with Crippen LogP contribution in [0.4, 0.5) is 11.6 Å². The zero-order chi connectivity index (χ0) is 12.4. The van der Waals surface area contributed by atoms with Crippen LogP contribution in [-0.2, 0) is 7.05 Å². The summed E-state index contributed by atoms with van der Waals surface area (Å²) in [7, 11) is 1.94. The predicted octanol–water partition coefficient (Wildman–Crippen LogP) is 3.99. The molecule has 0 amide bonds. The van der Waals surface area contributed by atoms with E-state index in [2.05, 4.69) is 15.2 Å². The maximum Gasteiger partial charge on any atom is 0.250 e. The molecule has 2 aromatic carbocycles. The van der Waals surface area contributed by atoms with Gasteiger partial charge in [-0.15, -0.1) is 10.2 Å². The summed E-state index contributed by atoms with van der Waals surface area (Å²) < 4.78 is 1.93. The van der Waals surface area contributed by atoms with Crippen molar-refractivity contribution in [2.24, 2.45) is 17.3 Å². The molecule has 0 aliphatic rings. The highest BCUT2D eigenvalue weighted by molar-refractivity contribution is 5.77. The summed E-state index contributed by atoms with van der Waals surface area (Å²) in [5.41, 5.74) is 2.81. The van der Waals surface area contributed by atoms with E-state index in [0.29, 0.717) is 5.95 Å². The Labute approximate surface area is 105 Å². The Morgan fingerprint density at radius 3 is 2.39 bits per heavy atom. The van der Waals surface area contributed by atoms with E-state index in [9.17, 15) is 0 Å². The van der Waals surface area contributed by atoms with E-state index in [4.69, 9.17) is 0 Å². The first-order valence-corrected chi connectivity index (χ1v) is 5.73. The van der Waals surface area contributed by atoms with Crippen molar-refractivity contribution in [1.82, 2.24) is 9.55 Å². The smallest absolute Gasteiger partial charge is 0.250 e. The Bertz CT molecular complexity index is 698. The van der Waals surface area contributed by atoms with Gasteiger partial charge < -0.3 is 4.57 Å². The third-order valence-electron chi connectivity index (χ3n) is 2.77. The van der Waals surface area contributed by atoms with Gasteiger partial charge in [0.25, 0.3) is 0 Å². The minimum Gasteiger partial charge on any atom is -0.310 e. The number of hydrogen-bond donors (Lipinski definition) is 0. The number of nitrogens with zero attached hydrogens (tertiary/aromatic N) is 4. The van der Waals surface area contributed by atoms with E-state index >= 15 is 0 Å². The fourth-order valence-corrected chi connectivity index (χ4v) is 1.82. The highest BCUT2D eigenvalue weighted by atomic mass is 15.3. The molecule has 0 bridgehead atoms. The van der Waals surface area contributed by atoms with Crippen molar-refractivity contribution < 1.29 is 0 Å². The molecule has 18 heavy (non-hydrogen) atoms. The van der Waals surface area contributed by atoms with Crippen LogP contribution in [0.1, 0.15) is 0 Å². The number of azo groups is 1. The van der Waals surface area contributed by atoms with Crippen LogP contribution in [0.5, 0.6) is 0 Å². The molecule has 1 heterocycles. The zero-order valence-corrected chi connectivity index (χ0v) is 9.99. The number of para-hydroxylation sites is 2. The molecule has 0 atom stereocenters. The lowest BCUT2D eigenvalue weighted by molar-refractivity contribution is 0.921. The van der Waals surface area contributed by atoms with Crippen LogP contribution in [0.15, 0.2) is 64.8 Å². The Morgan fingerprint density at radius 2 is 1.61 bits per heavy atom. The molecule has 0 saturated carbocycles. The van der Waals surface area contributed by atoms with Crippen molar-refractivity contribution in [2.45, 2.75) is 0 Å². The van der Waals surface area contributed by atoms with Crippen molar-refractivity contribution in [2.75, 3.05) is 0 Å². The van der Waals surface area contributed by atoms with Crippen molar-refractivity contribution in [3.8, 4) is 0 Å². The van der Waals surface area contributed by atoms with Crippen LogP contribution in [0.2, 0.25) is 0 Å². The second kappa shape index (κ2) is 4.41. The van der Waals surface area contributed by atoms with Crippen molar-refractivity contribution in [1.29, 1.82) is 0 Å². The molecule has 3 aromatic rings. The standard InChI is InChI=1S/C14H12N4/c1-18-13-10-6-5-9-12(13)15-14(18)17-16-11-7-3-2-4-8-11/h2-10H,1H3. The van der Waals surface area contributed by atoms with Gasteiger partial charge in [0, 0.05) is 7.05 Å². The van der Waals surface area contributed by atoms with E-state index < -0.39 is 0 Å². The Morgan fingerprint density at radius 1 is 0.889 bits per heavy atom. The molecule has 0 saturated heterocycles. The van der Waals surface area contributed by atoms with Gasteiger partial charge in [-0.25, -0.2) is 4.98 Å². The summed E-state index contributed by atoms with van der Waals surface area (Å²) in [4.78, 5) is 4.43. The largest absolute Gasteiger partial charge is 0.310 e. The van der Waals surface area contributed by atoms with Crippen LogP contribution in [0.3, 0.4) is 0 Å². The van der Waals surface area contributed by atoms with Crippen LogP contribution in [-0.4, -0.2) is 9.55 Å². The molecule has 0 aliphatic carbocycles. The van der Waals surface area contributed by atoms with E-state index in [1.807, 2.05) is 66.2 Å². The first-order chi connectivity index (χ1) is 8.84. The van der Waals surface area contributed by atoms with Crippen LogP contribution >= 0.6 is 0 Å². The van der Waals surface area contributed by atoms with Crippen molar-refractivity contribution in [3.63, 3.8) is 0 Å². The number of rotatable bonds is 2. The maximum absolute atomic E-state index is 4.43. The molecule has 0 unspecified atom stereocenters. The second-order valence-electron chi connectivity index (χ2n) is 4.00. The summed E-state index contributed by atoms with van der Waals surface area (Å²) in [6, 6.07) is 17.6. The molecule has 0 fully saturated rings. The molecule has 88 valence electrons. The lowest BCUT2D eigenvalue weighted by Crippen LogP contribution is -1.85. The van der Waals surface area contributed by atoms with Crippen molar-refractivity contribution >= 4 is 22.7 Å². The molecule has 0 aliphatic heterocycles. The molecule has 0 N–H and O–H groups in total. The van der Waals surface area contributed by atoms with Gasteiger partial charge in [0.15, 0.2) is 0 Å². The molecule has 4 nitrogen and oxygen atoms in total. The minimum absolute atomic E-state index is 0.611. The number of imidazole rings is 1. The second-order valence-corrected chi connectivity index (χ2v) is 4.00. The Hall–Kier alpha value is -2.49. The monoisotopic (exact) mass is 236 g/mol. The number of benzene rings is 2. The quantitative estimate of drug-likeness (QED) is 0.620. The van der Waals surface area contributed by atoms with Gasteiger partial charge in [0.05, 0.1) is 16.7 Å². The summed E-state index contributed by atoms with van der Waals surface area (Å²) >= 11 is 0. The van der Waals surface area contributed by atoms with Gasteiger partial charge in [-0.3, -0.25) is 0 Å². The van der Waals surface area contributed by atoms with E-state index in [0.717, 1.165) is 16.7 Å². The van der Waals surface area contributed by atoms with Gasteiger partial charge in [-0.2, -0.15) is 0 Å². The Balaban J connectivity index is 2.00. The summed E-state index contributed by atoms with van der Waals surface area (Å²) in [5.74, 6) is 0.611. The number of aromatic nitrogens is 2. The summed E-state index contributed by atoms with van der Waals surface area (Å²) in [6.07, 6.45) is 0. The molecule has 4 heteroatoms. The Kier molecular flexibility index (Phi) is 2.61. The highest BCUT2D eigenvalue weighted by Gasteiger charge is 2.05. The van der Waals surface area contributed by atoms with Crippen molar-refractivity contribution in [3.05, 3.63) is 54.6 Å². The SMILES string of the molecule is Cn1c(N=Nc2ccccc2)nc2ccccc21. The topological polar surface area (TPSA) is 42.5 Å². The normalized spacial score (nSPS) is 11.4. The molecule has 0 radical (unpaired) electrons. The zero-order valence-electron chi connectivity index (χ0n) is 9.99. The van der Waals surface area contributed by atoms with Gasteiger partial charge in [-0.05, 0) is 24.3 Å². The molecule has 0 spiro atoms. The fraction of sp³-hybridized carbons (Fsp3) is 0.0714. The van der Waals surface area contributed by atoms with Crippen LogP contribution in [0.25, 0.3) is 11.0 Å². The number of fused-ring (bicyclic) bond motifs is 1. The molecular weight excluding hydrogens is 224 g/mol. The molecule has 1 aromatic heterocycles. The predicted molar refractivity (Wildman–Crippen MR) is 71.3 cm³/mol. The fourth-order valence-electron chi connectivity index (χ4n) is 1.82. The maximum atomic E-state index is 4.43. The summed E-state index contributed by atoms with van der Waals surface area (Å²) in [6.45, 7) is 0. The van der Waals surface area contributed by atoms with Gasteiger partial charge in [0.1, 0.15) is 0 Å². The first-order valence-electron chi connectivity index (χ1n) is 5.73. The number of hydrogen-bond acceptors (Lipinski definition) is 3. The van der Waals surface area contributed by atoms with E-state index in [1.165, 1.54) is 0 Å². The lowest BCUT2D eigenvalue weighted by atomic mass is 10.3. The minimum atomic E-state index is 0.611. The average molecular weight is 236 g/mol. The molecule has 3 rings (SSSR count). The van der Waals surface area contributed by atoms with Gasteiger partial charge in [0.2, 0.25) is 5.95 Å². The molecular formula is C14H12N4. The van der Waals surface area contributed by atoms with Gasteiger partial charge >= 0.3 is 0 Å². The van der Waals surface area contributed by atoms with E-state index in [-0.39, 0.29) is 0 Å². The first kappa shape index (κ1) is 10.7. The van der Waals surface area contributed by atoms with Gasteiger partial charge in [-0.1, -0.05) is 30.3 Å². The lowest BCUT2D eigenvalue weighted by Gasteiger charge is -1.95. The number of aryl methyl sites for hydroxylation is 1. The summed E-state index contributed by atoms with van der Waals surface area (Å²) in [5, 5.41) is 8.36. The third kappa shape index (κ3) is 1.88.